The van der Waals surface area contributed by atoms with Crippen LogP contribution in [0.4, 0.5) is 0 Å². The first kappa shape index (κ1) is 42.0. The van der Waals surface area contributed by atoms with Gasteiger partial charge in [0.25, 0.3) is 0 Å². The molecule has 1 heterocycles. The number of imidazole rings is 1. The van der Waals surface area contributed by atoms with Crippen LogP contribution in [-0.4, -0.2) is 49.8 Å². The van der Waals surface area contributed by atoms with Crippen LogP contribution in [0.1, 0.15) is 115 Å². The lowest BCUT2D eigenvalue weighted by molar-refractivity contribution is -0.137. The fourth-order valence-electron chi connectivity index (χ4n) is 4.80. The van der Waals surface area contributed by atoms with Crippen LogP contribution in [0.2, 0.25) is 0 Å². The van der Waals surface area contributed by atoms with Crippen LogP contribution >= 0.6 is 0 Å². The second-order valence-electron chi connectivity index (χ2n) is 11.0. The third kappa shape index (κ3) is 15.8. The van der Waals surface area contributed by atoms with Crippen molar-refractivity contribution >= 4 is 17.9 Å². The van der Waals surface area contributed by atoms with Crippen molar-refractivity contribution < 1.29 is 20.1 Å². The van der Waals surface area contributed by atoms with E-state index in [4.69, 9.17) is 5.11 Å². The average molecular weight is 635 g/mol. The highest BCUT2D eigenvalue weighted by Gasteiger charge is 2.26. The molecule has 0 spiro atoms. The van der Waals surface area contributed by atoms with Crippen LogP contribution in [0.5, 0.6) is 5.75 Å². The Morgan fingerprint density at radius 3 is 2.09 bits per heavy atom. The number of hydrogen-bond acceptors (Lipinski definition) is 6. The lowest BCUT2D eigenvalue weighted by Crippen LogP contribution is -2.25. The quantitative estimate of drug-likeness (QED) is 0.128. The zero-order valence-electron chi connectivity index (χ0n) is 29.7. The van der Waals surface area contributed by atoms with Gasteiger partial charge in [-0.3, -0.25) is 14.8 Å². The van der Waals surface area contributed by atoms with Crippen molar-refractivity contribution in [1.82, 2.24) is 9.55 Å². The summed E-state index contributed by atoms with van der Waals surface area (Å²) in [5, 5.41) is 28.3. The molecule has 3 aromatic rings. The van der Waals surface area contributed by atoms with Crippen molar-refractivity contribution in [3.8, 4) is 5.75 Å². The molecule has 0 aliphatic carbocycles. The van der Waals surface area contributed by atoms with E-state index >= 15 is 0 Å². The summed E-state index contributed by atoms with van der Waals surface area (Å²) in [6, 6.07) is 15.1. The fraction of sp³-hybridized carbons (Fsp3) is 0.474. The summed E-state index contributed by atoms with van der Waals surface area (Å²) in [5.41, 5.74) is 6.19. The summed E-state index contributed by atoms with van der Waals surface area (Å²) in [7, 11) is 1.78. The van der Waals surface area contributed by atoms with E-state index in [1.54, 1.807) is 37.6 Å². The predicted molar refractivity (Wildman–Crippen MR) is 193 cm³/mol. The molecule has 0 atom stereocenters. The summed E-state index contributed by atoms with van der Waals surface area (Å²) in [6.07, 6.45) is 8.83. The van der Waals surface area contributed by atoms with Crippen molar-refractivity contribution in [3.63, 3.8) is 0 Å². The number of aromatic nitrogens is 2. The molecule has 254 valence electrons. The molecule has 0 radical (unpaired) electrons. The van der Waals surface area contributed by atoms with Gasteiger partial charge in [-0.2, -0.15) is 0 Å². The predicted octanol–water partition coefficient (Wildman–Crippen LogP) is 9.04. The number of aliphatic imine (C=N–C) groups is 2. The second kappa shape index (κ2) is 23.3. The number of phenolic OH excluding ortho intramolecular Hbond substituents is 1. The van der Waals surface area contributed by atoms with Crippen LogP contribution in [-0.2, 0) is 16.9 Å². The van der Waals surface area contributed by atoms with Crippen LogP contribution in [0.15, 0.2) is 77.1 Å². The maximum atomic E-state index is 10.5. The average Bonchev–Trinajstić information content (AvgIpc) is 3.38. The highest BCUT2D eigenvalue weighted by molar-refractivity contribution is 5.98. The summed E-state index contributed by atoms with van der Waals surface area (Å²) in [4.78, 5) is 23.0. The number of carboxylic acid groups (broad SMARTS) is 1. The summed E-state index contributed by atoms with van der Waals surface area (Å²) in [6.45, 7) is 20.5. The monoisotopic (exact) mass is 634 g/mol. The van der Waals surface area contributed by atoms with E-state index in [1.165, 1.54) is 11.1 Å². The molecule has 0 fully saturated rings. The van der Waals surface area contributed by atoms with Gasteiger partial charge in [0.2, 0.25) is 0 Å². The van der Waals surface area contributed by atoms with Gasteiger partial charge in [-0.05, 0) is 82.2 Å². The Kier molecular flexibility index (Phi) is 21.3. The maximum absolute atomic E-state index is 10.5. The van der Waals surface area contributed by atoms with Gasteiger partial charge in [-0.15, -0.1) is 0 Å². The zero-order valence-corrected chi connectivity index (χ0v) is 29.7. The van der Waals surface area contributed by atoms with Gasteiger partial charge in [-0.1, -0.05) is 83.5 Å². The Hall–Kier alpha value is -4.04. The number of aryl methyl sites for hydroxylation is 2. The molecular formula is C38H58N4O4. The first-order valence-electron chi connectivity index (χ1n) is 16.3. The smallest absolute Gasteiger partial charge is 0.303 e. The molecule has 3 rings (SSSR count). The number of carbonyl (C=O) groups is 1. The molecule has 0 aliphatic heterocycles. The largest absolute Gasteiger partial charge is 0.508 e. The van der Waals surface area contributed by atoms with Crippen LogP contribution in [0.25, 0.3) is 0 Å². The lowest BCUT2D eigenvalue weighted by atomic mass is 9.85. The SMILES string of the molecule is C=C(C)N=C(C)c1ncn(CCCCC(=O)O)c1C.CC.CCCC(O)(CCC)c1ccc(O)cc1.CN=Cc1ccccc1C. The van der Waals surface area contributed by atoms with Gasteiger partial charge in [0.05, 0.1) is 17.6 Å². The third-order valence-corrected chi connectivity index (χ3v) is 7.03. The number of aliphatic hydroxyl groups is 1. The van der Waals surface area contributed by atoms with Gasteiger partial charge in [-0.25, -0.2) is 4.98 Å². The first-order valence-corrected chi connectivity index (χ1v) is 16.3. The van der Waals surface area contributed by atoms with E-state index < -0.39 is 11.6 Å². The van der Waals surface area contributed by atoms with Crippen LogP contribution in [0.3, 0.4) is 0 Å². The molecule has 46 heavy (non-hydrogen) atoms. The highest BCUT2D eigenvalue weighted by atomic mass is 16.4. The minimum absolute atomic E-state index is 0.219. The molecule has 0 aliphatic rings. The molecule has 2 aromatic carbocycles. The van der Waals surface area contributed by atoms with Crippen LogP contribution in [0, 0.1) is 13.8 Å². The molecule has 0 unspecified atom stereocenters. The molecule has 0 saturated heterocycles. The van der Waals surface area contributed by atoms with Crippen molar-refractivity contribution in [2.75, 3.05) is 7.05 Å². The Morgan fingerprint density at radius 1 is 1.00 bits per heavy atom. The molecule has 0 bridgehead atoms. The summed E-state index contributed by atoms with van der Waals surface area (Å²) < 4.78 is 2.04. The number of phenols is 1. The lowest BCUT2D eigenvalue weighted by Gasteiger charge is -2.28. The second-order valence-corrected chi connectivity index (χ2v) is 11.0. The normalized spacial score (nSPS) is 11.0. The number of unbranched alkanes of at least 4 members (excludes halogenated alkanes) is 1. The van der Waals surface area contributed by atoms with Gasteiger partial charge < -0.3 is 19.9 Å². The van der Waals surface area contributed by atoms with Crippen molar-refractivity contribution in [2.24, 2.45) is 9.98 Å². The van der Waals surface area contributed by atoms with Gasteiger partial charge in [0.1, 0.15) is 11.4 Å². The number of aromatic hydroxyl groups is 1. The van der Waals surface area contributed by atoms with E-state index in [2.05, 4.69) is 54.5 Å². The number of hydrogen-bond donors (Lipinski definition) is 3. The number of allylic oxidation sites excluding steroid dienone is 1. The summed E-state index contributed by atoms with van der Waals surface area (Å²) >= 11 is 0. The Bertz CT molecular complexity index is 1350. The highest BCUT2D eigenvalue weighted by Crippen LogP contribution is 2.32. The van der Waals surface area contributed by atoms with E-state index in [1.807, 2.05) is 57.5 Å². The minimum Gasteiger partial charge on any atom is -0.508 e. The molecule has 3 N–H and O–H groups in total. The molecular weight excluding hydrogens is 576 g/mol. The molecule has 8 heteroatoms. The number of benzene rings is 2. The first-order chi connectivity index (χ1) is 21.9. The van der Waals surface area contributed by atoms with E-state index in [0.717, 1.165) is 67.0 Å². The van der Waals surface area contributed by atoms with E-state index in [0.29, 0.717) is 6.42 Å². The van der Waals surface area contributed by atoms with Gasteiger partial charge in [0, 0.05) is 37.6 Å². The zero-order chi connectivity index (χ0) is 35.1. The number of nitrogens with zero attached hydrogens (tertiary/aromatic N) is 4. The third-order valence-electron chi connectivity index (χ3n) is 7.03. The molecule has 1 aromatic heterocycles. The van der Waals surface area contributed by atoms with Crippen molar-refractivity contribution in [2.45, 2.75) is 112 Å². The Balaban J connectivity index is 0.000000670. The van der Waals surface area contributed by atoms with Crippen LogP contribution < -0.4 is 0 Å². The van der Waals surface area contributed by atoms with E-state index in [9.17, 15) is 15.0 Å². The van der Waals surface area contributed by atoms with E-state index in [-0.39, 0.29) is 12.2 Å². The van der Waals surface area contributed by atoms with Crippen molar-refractivity contribution in [3.05, 3.63) is 95.2 Å². The molecule has 0 amide bonds. The Morgan fingerprint density at radius 2 is 1.59 bits per heavy atom. The topological polar surface area (TPSA) is 120 Å². The number of rotatable bonds is 13. The molecule has 8 nitrogen and oxygen atoms in total. The van der Waals surface area contributed by atoms with Gasteiger partial charge in [0.15, 0.2) is 0 Å². The maximum Gasteiger partial charge on any atom is 0.303 e. The Labute approximate surface area is 277 Å². The van der Waals surface area contributed by atoms with Gasteiger partial charge >= 0.3 is 5.97 Å². The van der Waals surface area contributed by atoms with Crippen molar-refractivity contribution in [1.29, 1.82) is 0 Å². The number of carboxylic acids is 1. The number of aliphatic carboxylic acids is 1. The standard InChI is InChI=1S/C14H21N3O2.C13H20O2.C9H11N.C2H6/c1-10(2)16-11(3)14-12(4)17(9-15-14)8-6-5-7-13(18)19;1-3-9-13(15,10-4-2)11-5-7-12(14)8-6-11;1-8-5-3-4-6-9(8)7-10-2;1-2/h9H,1,5-8H2,2-4H3,(H,18,19);5-8,14-15H,3-4,9-10H2,1-2H3;3-7H,1-2H3;1-2H3. The fourth-order valence-corrected chi connectivity index (χ4v) is 4.80. The minimum atomic E-state index is -0.743. The summed E-state index contributed by atoms with van der Waals surface area (Å²) in [5.74, 6) is -0.499. The molecule has 0 saturated carbocycles.